The highest BCUT2D eigenvalue weighted by Crippen LogP contribution is 2.21. The second-order valence-corrected chi connectivity index (χ2v) is 4.99. The monoisotopic (exact) mass is 223 g/mol. The molecular formula is C11H17NO2Si. The maximum atomic E-state index is 5.90. The Morgan fingerprint density at radius 3 is 2.33 bits per heavy atom. The number of para-hydroxylation sites is 1. The van der Waals surface area contributed by atoms with Gasteiger partial charge in [-0.25, -0.2) is 0 Å². The molecule has 0 aliphatic heterocycles. The Morgan fingerprint density at radius 2 is 1.80 bits per heavy atom. The first-order chi connectivity index (χ1) is 7.19. The number of hydrogen-bond donors (Lipinski definition) is 1. The summed E-state index contributed by atoms with van der Waals surface area (Å²) in [5.74, 6) is -0.139. The van der Waals surface area contributed by atoms with Gasteiger partial charge in [0.05, 0.1) is 0 Å². The number of methoxy groups -OCH3 is 2. The third kappa shape index (κ3) is 3.34. The molecule has 82 valence electrons. The summed E-state index contributed by atoms with van der Waals surface area (Å²) in [5.41, 5.74) is 8.26. The van der Waals surface area contributed by atoms with Crippen LogP contribution in [0.25, 0.3) is 0 Å². The fraction of sp³-hybridized carbons (Fsp3) is 0.455. The van der Waals surface area contributed by atoms with Crippen molar-refractivity contribution < 1.29 is 9.47 Å². The minimum Gasteiger partial charge on any atom is -0.399 e. The molecule has 0 aliphatic rings. The van der Waals surface area contributed by atoms with Gasteiger partial charge in [0.1, 0.15) is 15.4 Å². The first-order valence-electron chi connectivity index (χ1n) is 4.85. The lowest BCUT2D eigenvalue weighted by Crippen LogP contribution is -2.26. The molecule has 1 rings (SSSR count). The minimum atomic E-state index is -0.139. The van der Waals surface area contributed by atoms with E-state index in [0.29, 0.717) is 15.1 Å². The first-order valence-corrected chi connectivity index (χ1v) is 6.00. The van der Waals surface area contributed by atoms with Crippen LogP contribution in [0.2, 0.25) is 0 Å². The van der Waals surface area contributed by atoms with Crippen molar-refractivity contribution >= 4 is 15.2 Å². The smallest absolute Gasteiger partial charge is 0.137 e. The van der Waals surface area contributed by atoms with Gasteiger partial charge in [0, 0.05) is 19.9 Å². The third-order valence-corrected chi connectivity index (χ3v) is 3.83. The Balaban J connectivity index is 2.68. The van der Waals surface area contributed by atoms with Gasteiger partial charge in [-0.3, -0.25) is 0 Å². The van der Waals surface area contributed by atoms with E-state index in [1.54, 1.807) is 14.2 Å². The SMILES string of the molecule is COC(OC)[Si]C(C)c1ccccc1N. The number of nitrogens with two attached hydrogens (primary N) is 1. The van der Waals surface area contributed by atoms with Crippen LogP contribution in [0.4, 0.5) is 5.69 Å². The van der Waals surface area contributed by atoms with E-state index in [1.165, 1.54) is 0 Å². The number of benzene rings is 1. The van der Waals surface area contributed by atoms with Gasteiger partial charge in [-0.15, -0.1) is 0 Å². The molecule has 0 bridgehead atoms. The summed E-state index contributed by atoms with van der Waals surface area (Å²) in [5, 5.41) is 0. The number of anilines is 1. The van der Waals surface area contributed by atoms with Crippen molar-refractivity contribution in [3.63, 3.8) is 0 Å². The summed E-state index contributed by atoms with van der Waals surface area (Å²) in [6.45, 7) is 2.13. The highest BCUT2D eigenvalue weighted by molar-refractivity contribution is 6.39. The van der Waals surface area contributed by atoms with Crippen LogP contribution in [-0.4, -0.2) is 29.7 Å². The van der Waals surface area contributed by atoms with Crippen LogP contribution in [0.3, 0.4) is 0 Å². The molecule has 0 heterocycles. The molecule has 2 N–H and O–H groups in total. The summed E-state index contributed by atoms with van der Waals surface area (Å²) in [6.07, 6.45) is 0. The van der Waals surface area contributed by atoms with Crippen LogP contribution in [0.15, 0.2) is 24.3 Å². The second kappa shape index (κ2) is 5.90. The Morgan fingerprint density at radius 1 is 1.20 bits per heavy atom. The summed E-state index contributed by atoms with van der Waals surface area (Å²) >= 11 is 0. The molecule has 15 heavy (non-hydrogen) atoms. The fourth-order valence-electron chi connectivity index (χ4n) is 1.43. The molecule has 0 spiro atoms. The van der Waals surface area contributed by atoms with Gasteiger partial charge in [-0.1, -0.05) is 25.1 Å². The largest absolute Gasteiger partial charge is 0.399 e. The normalized spacial score (nSPS) is 13.1. The highest BCUT2D eigenvalue weighted by atomic mass is 28.2. The zero-order valence-corrected chi connectivity index (χ0v) is 10.4. The molecule has 0 saturated carbocycles. The van der Waals surface area contributed by atoms with Crippen molar-refractivity contribution in [1.29, 1.82) is 0 Å². The van der Waals surface area contributed by atoms with Crippen LogP contribution in [-0.2, 0) is 9.47 Å². The topological polar surface area (TPSA) is 44.5 Å². The molecular weight excluding hydrogens is 206 g/mol. The number of hydrogen-bond acceptors (Lipinski definition) is 3. The van der Waals surface area contributed by atoms with Gasteiger partial charge >= 0.3 is 0 Å². The van der Waals surface area contributed by atoms with Gasteiger partial charge < -0.3 is 15.2 Å². The van der Waals surface area contributed by atoms with Crippen LogP contribution < -0.4 is 5.73 Å². The van der Waals surface area contributed by atoms with Crippen molar-refractivity contribution in [2.45, 2.75) is 18.4 Å². The van der Waals surface area contributed by atoms with Gasteiger partial charge in [0.15, 0.2) is 0 Å². The fourth-order valence-corrected chi connectivity index (χ4v) is 2.55. The first kappa shape index (κ1) is 12.2. The Kier molecular flexibility index (Phi) is 4.81. The predicted octanol–water partition coefficient (Wildman–Crippen LogP) is 1.61. The summed E-state index contributed by atoms with van der Waals surface area (Å²) in [4.78, 5) is 0. The molecule has 0 aliphatic carbocycles. The summed E-state index contributed by atoms with van der Waals surface area (Å²) < 4.78 is 10.4. The van der Waals surface area contributed by atoms with Crippen molar-refractivity contribution in [1.82, 2.24) is 0 Å². The van der Waals surface area contributed by atoms with Crippen LogP contribution in [0, 0.1) is 0 Å². The van der Waals surface area contributed by atoms with E-state index in [1.807, 2.05) is 18.2 Å². The lowest BCUT2D eigenvalue weighted by molar-refractivity contribution is -0.0446. The van der Waals surface area contributed by atoms with Gasteiger partial charge in [0.2, 0.25) is 0 Å². The molecule has 4 heteroatoms. The molecule has 1 unspecified atom stereocenters. The Labute approximate surface area is 93.4 Å². The molecule has 0 saturated heterocycles. The third-order valence-electron chi connectivity index (χ3n) is 2.28. The second-order valence-electron chi connectivity index (χ2n) is 3.32. The molecule has 0 fully saturated rings. The number of rotatable bonds is 5. The Hall–Kier alpha value is -0.843. The van der Waals surface area contributed by atoms with Crippen molar-refractivity contribution in [3.8, 4) is 0 Å². The molecule has 1 atom stereocenters. The standard InChI is InChI=1S/C11H17NO2Si/c1-8(15-11(13-2)14-3)9-6-4-5-7-10(9)12/h4-8,11H,12H2,1-3H3. The molecule has 0 aromatic heterocycles. The van der Waals surface area contributed by atoms with Crippen molar-refractivity contribution in [3.05, 3.63) is 29.8 Å². The van der Waals surface area contributed by atoms with Gasteiger partial charge in [-0.05, 0) is 17.2 Å². The van der Waals surface area contributed by atoms with E-state index < -0.39 is 0 Å². The van der Waals surface area contributed by atoms with Crippen molar-refractivity contribution in [2.75, 3.05) is 20.0 Å². The predicted molar refractivity (Wildman–Crippen MR) is 62.8 cm³/mol. The quantitative estimate of drug-likeness (QED) is 0.468. The zero-order valence-electron chi connectivity index (χ0n) is 9.36. The lowest BCUT2D eigenvalue weighted by Gasteiger charge is -2.18. The Bertz CT molecular complexity index is 302. The van der Waals surface area contributed by atoms with E-state index in [-0.39, 0.29) is 5.91 Å². The van der Waals surface area contributed by atoms with E-state index >= 15 is 0 Å². The maximum Gasteiger partial charge on any atom is 0.137 e. The molecule has 3 nitrogen and oxygen atoms in total. The zero-order chi connectivity index (χ0) is 11.3. The van der Waals surface area contributed by atoms with Crippen LogP contribution in [0.5, 0.6) is 0 Å². The van der Waals surface area contributed by atoms with Crippen LogP contribution in [0.1, 0.15) is 18.0 Å². The molecule has 1 aromatic rings. The van der Waals surface area contributed by atoms with E-state index in [4.69, 9.17) is 15.2 Å². The van der Waals surface area contributed by atoms with Gasteiger partial charge in [0.25, 0.3) is 0 Å². The van der Waals surface area contributed by atoms with Gasteiger partial charge in [-0.2, -0.15) is 0 Å². The molecule has 0 amide bonds. The summed E-state index contributed by atoms with van der Waals surface area (Å²) in [7, 11) is 3.86. The van der Waals surface area contributed by atoms with Crippen molar-refractivity contribution in [2.24, 2.45) is 0 Å². The highest BCUT2D eigenvalue weighted by Gasteiger charge is 2.16. The lowest BCUT2D eigenvalue weighted by atomic mass is 10.1. The number of ether oxygens (including phenoxy) is 2. The van der Waals surface area contributed by atoms with Crippen LogP contribution >= 0.6 is 0 Å². The van der Waals surface area contributed by atoms with E-state index in [0.717, 1.165) is 11.3 Å². The number of nitrogen functional groups attached to an aromatic ring is 1. The minimum absolute atomic E-state index is 0.139. The van der Waals surface area contributed by atoms with E-state index in [2.05, 4.69) is 13.0 Å². The summed E-state index contributed by atoms with van der Waals surface area (Å²) in [6, 6.07) is 7.92. The van der Waals surface area contributed by atoms with E-state index in [9.17, 15) is 0 Å². The molecule has 2 radical (unpaired) electrons. The average Bonchev–Trinajstić information content (AvgIpc) is 2.26. The molecule has 1 aromatic carbocycles. The maximum absolute atomic E-state index is 5.90. The average molecular weight is 223 g/mol.